The standard InChI is InChI=1S/C11H15F2NO4.ClH/c1-17-9(15)2-3-10(16)18-7-6-14-5-4-11(12,13)8-14;/h2-3H,4-8H2,1H3;1H/b3-2+;. The van der Waals surface area contributed by atoms with Crippen LogP contribution in [0.15, 0.2) is 12.2 Å². The molecule has 1 heterocycles. The molecule has 1 saturated heterocycles. The lowest BCUT2D eigenvalue weighted by Gasteiger charge is -2.14. The molecule has 0 aromatic carbocycles. The second kappa shape index (κ2) is 8.06. The highest BCUT2D eigenvalue weighted by molar-refractivity contribution is 5.91. The van der Waals surface area contributed by atoms with Crippen molar-refractivity contribution >= 4 is 24.3 Å². The van der Waals surface area contributed by atoms with Gasteiger partial charge in [0.15, 0.2) is 0 Å². The predicted molar refractivity (Wildman–Crippen MR) is 65.4 cm³/mol. The van der Waals surface area contributed by atoms with Gasteiger partial charge < -0.3 is 9.47 Å². The number of hydrogen-bond acceptors (Lipinski definition) is 5. The molecule has 0 amide bonds. The molecule has 1 aliphatic heterocycles. The number of alkyl halides is 2. The number of rotatable bonds is 5. The smallest absolute Gasteiger partial charge is 0.331 e. The van der Waals surface area contributed by atoms with Crippen LogP contribution in [-0.2, 0) is 19.1 Å². The summed E-state index contributed by atoms with van der Waals surface area (Å²) in [5.74, 6) is -4.01. The van der Waals surface area contributed by atoms with E-state index in [4.69, 9.17) is 4.74 Å². The summed E-state index contributed by atoms with van der Waals surface area (Å²) < 4.78 is 34.7. The number of esters is 2. The summed E-state index contributed by atoms with van der Waals surface area (Å²) in [7, 11) is 1.19. The molecule has 110 valence electrons. The number of nitrogens with zero attached hydrogens (tertiary/aromatic N) is 1. The van der Waals surface area contributed by atoms with E-state index in [-0.39, 0.29) is 38.5 Å². The number of carbonyl (C=O) groups excluding carboxylic acids is 2. The van der Waals surface area contributed by atoms with Crippen LogP contribution in [0.25, 0.3) is 0 Å². The van der Waals surface area contributed by atoms with Crippen LogP contribution in [0, 0.1) is 0 Å². The highest BCUT2D eigenvalue weighted by Crippen LogP contribution is 2.26. The van der Waals surface area contributed by atoms with Gasteiger partial charge in [0.05, 0.1) is 13.7 Å². The minimum atomic E-state index is -2.64. The second-order valence-corrected chi connectivity index (χ2v) is 3.91. The van der Waals surface area contributed by atoms with Gasteiger partial charge in [-0.15, -0.1) is 12.4 Å². The Labute approximate surface area is 115 Å². The number of halogens is 3. The molecular weight excluding hydrogens is 284 g/mol. The van der Waals surface area contributed by atoms with Gasteiger partial charge in [0, 0.05) is 31.7 Å². The van der Waals surface area contributed by atoms with Gasteiger partial charge in [-0.2, -0.15) is 0 Å². The molecule has 1 fully saturated rings. The molecule has 0 unspecified atom stereocenters. The molecule has 5 nitrogen and oxygen atoms in total. The fraction of sp³-hybridized carbons (Fsp3) is 0.636. The van der Waals surface area contributed by atoms with Crippen LogP contribution in [0.4, 0.5) is 8.78 Å². The van der Waals surface area contributed by atoms with Gasteiger partial charge in [0.1, 0.15) is 6.61 Å². The van der Waals surface area contributed by atoms with E-state index in [1.807, 2.05) is 0 Å². The number of ether oxygens (including phenoxy) is 2. The Kier molecular flexibility index (Phi) is 7.55. The van der Waals surface area contributed by atoms with Gasteiger partial charge in [-0.3, -0.25) is 4.90 Å². The average molecular weight is 300 g/mol. The van der Waals surface area contributed by atoms with Gasteiger partial charge in [-0.1, -0.05) is 0 Å². The third-order valence-corrected chi connectivity index (χ3v) is 2.46. The number of methoxy groups -OCH3 is 1. The van der Waals surface area contributed by atoms with E-state index in [0.29, 0.717) is 6.54 Å². The molecule has 19 heavy (non-hydrogen) atoms. The molecule has 0 atom stereocenters. The number of hydrogen-bond donors (Lipinski definition) is 0. The zero-order valence-corrected chi connectivity index (χ0v) is 11.3. The van der Waals surface area contributed by atoms with E-state index in [1.165, 1.54) is 12.0 Å². The third kappa shape index (κ3) is 7.07. The zero-order valence-electron chi connectivity index (χ0n) is 10.4. The maximum Gasteiger partial charge on any atom is 0.331 e. The second-order valence-electron chi connectivity index (χ2n) is 3.91. The summed E-state index contributed by atoms with van der Waals surface area (Å²) in [5, 5.41) is 0. The van der Waals surface area contributed by atoms with Crippen molar-refractivity contribution in [1.29, 1.82) is 0 Å². The molecule has 0 aromatic heterocycles. The van der Waals surface area contributed by atoms with E-state index in [0.717, 1.165) is 12.2 Å². The summed E-state index contributed by atoms with van der Waals surface area (Å²) in [6.45, 7) is 0.263. The number of carbonyl (C=O) groups is 2. The Bertz CT molecular complexity index is 350. The van der Waals surface area contributed by atoms with Gasteiger partial charge in [-0.25, -0.2) is 18.4 Å². The van der Waals surface area contributed by atoms with Crippen molar-refractivity contribution in [3.05, 3.63) is 12.2 Å². The maximum absolute atomic E-state index is 12.8. The Morgan fingerprint density at radius 3 is 2.47 bits per heavy atom. The molecule has 8 heteroatoms. The third-order valence-electron chi connectivity index (χ3n) is 2.46. The van der Waals surface area contributed by atoms with Crippen LogP contribution >= 0.6 is 12.4 Å². The number of likely N-dealkylation sites (tertiary alicyclic amines) is 1. The lowest BCUT2D eigenvalue weighted by molar-refractivity contribution is -0.139. The van der Waals surface area contributed by atoms with Crippen LogP contribution in [-0.4, -0.2) is 56.1 Å². The van der Waals surface area contributed by atoms with Crippen molar-refractivity contribution in [2.24, 2.45) is 0 Å². The van der Waals surface area contributed by atoms with Crippen LogP contribution in [0.1, 0.15) is 6.42 Å². The minimum absolute atomic E-state index is 0. The lowest BCUT2D eigenvalue weighted by Crippen LogP contribution is -2.29. The normalized spacial score (nSPS) is 18.1. The summed E-state index contributed by atoms with van der Waals surface area (Å²) in [6.07, 6.45) is 1.71. The summed E-state index contributed by atoms with van der Waals surface area (Å²) >= 11 is 0. The van der Waals surface area contributed by atoms with Crippen molar-refractivity contribution in [3.8, 4) is 0 Å². The fourth-order valence-corrected chi connectivity index (χ4v) is 1.53. The zero-order chi connectivity index (χ0) is 13.6. The van der Waals surface area contributed by atoms with Gasteiger partial charge in [0.25, 0.3) is 5.92 Å². The predicted octanol–water partition coefficient (Wildman–Crippen LogP) is 1.02. The first-order valence-corrected chi connectivity index (χ1v) is 5.46. The first-order valence-electron chi connectivity index (χ1n) is 5.46. The molecule has 1 aliphatic rings. The molecule has 0 bridgehead atoms. The molecule has 0 aliphatic carbocycles. The molecule has 0 radical (unpaired) electrons. The van der Waals surface area contributed by atoms with Crippen molar-refractivity contribution in [3.63, 3.8) is 0 Å². The Hall–Kier alpha value is -1.21. The quantitative estimate of drug-likeness (QED) is 0.560. The first kappa shape index (κ1) is 17.8. The Morgan fingerprint density at radius 1 is 1.32 bits per heavy atom. The van der Waals surface area contributed by atoms with Crippen molar-refractivity contribution in [1.82, 2.24) is 4.90 Å². The van der Waals surface area contributed by atoms with E-state index < -0.39 is 17.9 Å². The van der Waals surface area contributed by atoms with E-state index in [2.05, 4.69) is 4.74 Å². The van der Waals surface area contributed by atoms with Crippen molar-refractivity contribution < 1.29 is 27.8 Å². The largest absolute Gasteiger partial charge is 0.466 e. The highest BCUT2D eigenvalue weighted by atomic mass is 35.5. The molecule has 1 rings (SSSR count). The first-order chi connectivity index (χ1) is 8.43. The average Bonchev–Trinajstić information content (AvgIpc) is 2.66. The monoisotopic (exact) mass is 299 g/mol. The summed E-state index contributed by atoms with van der Waals surface area (Å²) in [5.41, 5.74) is 0. The topological polar surface area (TPSA) is 55.8 Å². The molecule has 0 spiro atoms. The van der Waals surface area contributed by atoms with Gasteiger partial charge in [0.2, 0.25) is 0 Å². The SMILES string of the molecule is COC(=O)/C=C/C(=O)OCCN1CCC(F)(F)C1.Cl. The van der Waals surface area contributed by atoms with Gasteiger partial charge >= 0.3 is 11.9 Å². The van der Waals surface area contributed by atoms with Crippen molar-refractivity contribution in [2.45, 2.75) is 12.3 Å². The van der Waals surface area contributed by atoms with Crippen LogP contribution in [0.3, 0.4) is 0 Å². The molecule has 0 saturated carbocycles. The van der Waals surface area contributed by atoms with Crippen LogP contribution < -0.4 is 0 Å². The maximum atomic E-state index is 12.8. The lowest BCUT2D eigenvalue weighted by atomic mass is 10.3. The van der Waals surface area contributed by atoms with E-state index in [1.54, 1.807) is 0 Å². The van der Waals surface area contributed by atoms with Crippen LogP contribution in [0.5, 0.6) is 0 Å². The summed E-state index contributed by atoms with van der Waals surface area (Å²) in [6, 6.07) is 0. The van der Waals surface area contributed by atoms with E-state index in [9.17, 15) is 18.4 Å². The fourth-order valence-electron chi connectivity index (χ4n) is 1.53. The van der Waals surface area contributed by atoms with Crippen molar-refractivity contribution in [2.75, 3.05) is 33.4 Å². The Morgan fingerprint density at radius 2 is 1.95 bits per heavy atom. The van der Waals surface area contributed by atoms with Gasteiger partial charge in [-0.05, 0) is 0 Å². The summed E-state index contributed by atoms with van der Waals surface area (Å²) in [4.78, 5) is 23.3. The molecule has 0 N–H and O–H groups in total. The Balaban J connectivity index is 0.00000324. The van der Waals surface area contributed by atoms with Crippen LogP contribution in [0.2, 0.25) is 0 Å². The molecule has 0 aromatic rings. The minimum Gasteiger partial charge on any atom is -0.466 e. The highest BCUT2D eigenvalue weighted by Gasteiger charge is 2.37. The van der Waals surface area contributed by atoms with E-state index >= 15 is 0 Å². The molecular formula is C11H16ClF2NO4.